The number of aryl methyl sites for hydroxylation is 1. The van der Waals surface area contributed by atoms with Crippen molar-refractivity contribution in [2.75, 3.05) is 5.32 Å². The van der Waals surface area contributed by atoms with Crippen LogP contribution in [0.15, 0.2) is 28.7 Å². The minimum Gasteiger partial charge on any atom is -0.441 e. The molecule has 0 aliphatic rings. The molecule has 0 radical (unpaired) electrons. The number of benzene rings is 1. The first-order valence-electron chi connectivity index (χ1n) is 8.45. The number of anilines is 1. The molecule has 132 valence electrons. The monoisotopic (exact) mass is 340 g/mol. The van der Waals surface area contributed by atoms with Crippen LogP contribution in [0.5, 0.6) is 0 Å². The van der Waals surface area contributed by atoms with Crippen LogP contribution < -0.4 is 5.32 Å². The van der Waals surface area contributed by atoms with Crippen molar-refractivity contribution in [3.63, 3.8) is 0 Å². The van der Waals surface area contributed by atoms with Gasteiger partial charge in [-0.1, -0.05) is 19.9 Å². The first-order valence-corrected chi connectivity index (χ1v) is 8.45. The van der Waals surface area contributed by atoms with Gasteiger partial charge in [-0.05, 0) is 38.8 Å². The molecule has 0 aliphatic heterocycles. The maximum atomic E-state index is 12.7. The molecule has 3 aromatic rings. The molecule has 6 nitrogen and oxygen atoms in total. The molecule has 0 bridgehead atoms. The number of hydrogen-bond acceptors (Lipinski definition) is 4. The zero-order chi connectivity index (χ0) is 18.4. The standard InChI is InChI=1S/C19H24N4O2/c1-11(2)14-10-16(22-23(14)19(4,5)6)21-18(24)13-8-7-9-15-17(13)20-12(3)25-15/h7-11H,1-6H3,(H,21,22,24). The lowest BCUT2D eigenvalue weighted by Gasteiger charge is -2.23. The quantitative estimate of drug-likeness (QED) is 0.764. The lowest BCUT2D eigenvalue weighted by molar-refractivity contribution is 0.102. The van der Waals surface area contributed by atoms with Gasteiger partial charge >= 0.3 is 0 Å². The van der Waals surface area contributed by atoms with Crippen molar-refractivity contribution in [1.29, 1.82) is 0 Å². The number of oxazole rings is 1. The van der Waals surface area contributed by atoms with Crippen molar-refractivity contribution in [1.82, 2.24) is 14.8 Å². The average Bonchev–Trinajstić information content (AvgIpc) is 3.08. The number of fused-ring (bicyclic) bond motifs is 1. The Balaban J connectivity index is 1.95. The number of carbonyl (C=O) groups is 1. The van der Waals surface area contributed by atoms with E-state index < -0.39 is 0 Å². The summed E-state index contributed by atoms with van der Waals surface area (Å²) in [7, 11) is 0. The van der Waals surface area contributed by atoms with Gasteiger partial charge < -0.3 is 9.73 Å². The maximum absolute atomic E-state index is 12.7. The van der Waals surface area contributed by atoms with E-state index >= 15 is 0 Å². The fraction of sp³-hybridized carbons (Fsp3) is 0.421. The largest absolute Gasteiger partial charge is 0.441 e. The highest BCUT2D eigenvalue weighted by Gasteiger charge is 2.22. The van der Waals surface area contributed by atoms with E-state index in [1.54, 1.807) is 25.1 Å². The number of carbonyl (C=O) groups excluding carboxylic acids is 1. The second kappa shape index (κ2) is 6.02. The summed E-state index contributed by atoms with van der Waals surface area (Å²) < 4.78 is 7.46. The normalized spacial score (nSPS) is 12.1. The summed E-state index contributed by atoms with van der Waals surface area (Å²) in [6.45, 7) is 12.3. The Bertz CT molecular complexity index is 929. The van der Waals surface area contributed by atoms with E-state index in [1.165, 1.54) is 0 Å². The molecular weight excluding hydrogens is 316 g/mol. The predicted octanol–water partition coefficient (Wildman–Crippen LogP) is 4.46. The number of hydrogen-bond donors (Lipinski definition) is 1. The molecule has 1 N–H and O–H groups in total. The Labute approximate surface area is 147 Å². The zero-order valence-corrected chi connectivity index (χ0v) is 15.5. The van der Waals surface area contributed by atoms with E-state index in [9.17, 15) is 4.79 Å². The Morgan fingerprint density at radius 1 is 1.28 bits per heavy atom. The van der Waals surface area contributed by atoms with Gasteiger partial charge in [0.25, 0.3) is 5.91 Å². The van der Waals surface area contributed by atoms with Crippen LogP contribution in [0.1, 0.15) is 62.5 Å². The van der Waals surface area contributed by atoms with Crippen LogP contribution in [0.3, 0.4) is 0 Å². The molecule has 2 heterocycles. The minimum absolute atomic E-state index is 0.161. The number of amides is 1. The summed E-state index contributed by atoms with van der Waals surface area (Å²) in [5, 5.41) is 7.49. The van der Waals surface area contributed by atoms with Gasteiger partial charge in [0.15, 0.2) is 17.3 Å². The number of aromatic nitrogens is 3. The number of nitrogens with one attached hydrogen (secondary N) is 1. The molecule has 6 heteroatoms. The number of rotatable bonds is 3. The van der Waals surface area contributed by atoms with Crippen LogP contribution in [-0.2, 0) is 5.54 Å². The fourth-order valence-electron chi connectivity index (χ4n) is 2.83. The van der Waals surface area contributed by atoms with Crippen molar-refractivity contribution < 1.29 is 9.21 Å². The highest BCUT2D eigenvalue weighted by Crippen LogP contribution is 2.26. The Kier molecular flexibility index (Phi) is 4.14. The van der Waals surface area contributed by atoms with Gasteiger partial charge in [0.05, 0.1) is 11.1 Å². The summed E-state index contributed by atoms with van der Waals surface area (Å²) in [5.74, 6) is 1.14. The first-order chi connectivity index (χ1) is 11.7. The molecule has 0 unspecified atom stereocenters. The second-order valence-corrected chi connectivity index (χ2v) is 7.53. The SMILES string of the molecule is Cc1nc2c(C(=O)Nc3cc(C(C)C)n(C(C)(C)C)n3)cccc2o1. The van der Waals surface area contributed by atoms with Gasteiger partial charge in [-0.3, -0.25) is 9.48 Å². The minimum atomic E-state index is -0.243. The first kappa shape index (κ1) is 17.2. The van der Waals surface area contributed by atoms with Crippen molar-refractivity contribution in [3.05, 3.63) is 41.4 Å². The van der Waals surface area contributed by atoms with E-state index in [-0.39, 0.29) is 11.4 Å². The third-order valence-electron chi connectivity index (χ3n) is 3.98. The van der Waals surface area contributed by atoms with E-state index in [1.807, 2.05) is 10.7 Å². The lowest BCUT2D eigenvalue weighted by Crippen LogP contribution is -2.26. The molecule has 3 rings (SSSR count). The van der Waals surface area contributed by atoms with E-state index in [2.05, 4.69) is 50.0 Å². The molecule has 0 aliphatic carbocycles. The average molecular weight is 340 g/mol. The topological polar surface area (TPSA) is 73.0 Å². The van der Waals surface area contributed by atoms with Crippen LogP contribution in [0.4, 0.5) is 5.82 Å². The van der Waals surface area contributed by atoms with Crippen LogP contribution in [-0.4, -0.2) is 20.7 Å². The molecule has 0 saturated carbocycles. The van der Waals surface area contributed by atoms with Crippen molar-refractivity contribution in [2.45, 2.75) is 53.0 Å². The predicted molar refractivity (Wildman–Crippen MR) is 98.0 cm³/mol. The highest BCUT2D eigenvalue weighted by atomic mass is 16.3. The molecule has 0 saturated heterocycles. The van der Waals surface area contributed by atoms with Crippen LogP contribution in [0.2, 0.25) is 0 Å². The lowest BCUT2D eigenvalue weighted by atomic mass is 10.1. The van der Waals surface area contributed by atoms with Gasteiger partial charge in [0.1, 0.15) is 5.52 Å². The summed E-state index contributed by atoms with van der Waals surface area (Å²) in [4.78, 5) is 17.0. The molecule has 0 spiro atoms. The summed E-state index contributed by atoms with van der Waals surface area (Å²) in [5.41, 5.74) is 2.57. The van der Waals surface area contributed by atoms with Crippen LogP contribution in [0, 0.1) is 6.92 Å². The highest BCUT2D eigenvalue weighted by molar-refractivity contribution is 6.10. The zero-order valence-electron chi connectivity index (χ0n) is 15.5. The summed E-state index contributed by atoms with van der Waals surface area (Å²) in [6.07, 6.45) is 0. The van der Waals surface area contributed by atoms with Crippen molar-refractivity contribution >= 4 is 22.8 Å². The molecule has 1 amide bonds. The van der Waals surface area contributed by atoms with Crippen LogP contribution in [0.25, 0.3) is 11.1 Å². The molecule has 25 heavy (non-hydrogen) atoms. The van der Waals surface area contributed by atoms with Crippen molar-refractivity contribution in [3.8, 4) is 0 Å². The molecule has 0 atom stereocenters. The fourth-order valence-corrected chi connectivity index (χ4v) is 2.83. The number of nitrogens with zero attached hydrogens (tertiary/aromatic N) is 3. The number of para-hydroxylation sites is 1. The Hall–Kier alpha value is -2.63. The molecule has 0 fully saturated rings. The Morgan fingerprint density at radius 3 is 2.60 bits per heavy atom. The van der Waals surface area contributed by atoms with Gasteiger partial charge in [-0.2, -0.15) is 5.10 Å². The van der Waals surface area contributed by atoms with Gasteiger partial charge in [-0.15, -0.1) is 0 Å². The second-order valence-electron chi connectivity index (χ2n) is 7.53. The molecule has 2 aromatic heterocycles. The van der Waals surface area contributed by atoms with Gasteiger partial charge in [0, 0.05) is 18.7 Å². The summed E-state index contributed by atoms with van der Waals surface area (Å²) in [6, 6.07) is 7.26. The van der Waals surface area contributed by atoms with E-state index in [0.29, 0.717) is 34.3 Å². The van der Waals surface area contributed by atoms with E-state index in [0.717, 1.165) is 5.69 Å². The smallest absolute Gasteiger partial charge is 0.259 e. The molecule has 1 aromatic carbocycles. The third kappa shape index (κ3) is 3.29. The third-order valence-corrected chi connectivity index (χ3v) is 3.98. The van der Waals surface area contributed by atoms with Crippen LogP contribution >= 0.6 is 0 Å². The Morgan fingerprint density at radius 2 is 2.00 bits per heavy atom. The summed E-state index contributed by atoms with van der Waals surface area (Å²) >= 11 is 0. The van der Waals surface area contributed by atoms with Gasteiger partial charge in [-0.25, -0.2) is 4.98 Å². The maximum Gasteiger partial charge on any atom is 0.259 e. The van der Waals surface area contributed by atoms with Gasteiger partial charge in [0.2, 0.25) is 0 Å². The molecular formula is C19H24N4O2. The van der Waals surface area contributed by atoms with E-state index in [4.69, 9.17) is 4.42 Å². The van der Waals surface area contributed by atoms with Crippen molar-refractivity contribution in [2.24, 2.45) is 0 Å².